The van der Waals surface area contributed by atoms with Crippen LogP contribution in [0, 0.1) is 5.41 Å². The Hall–Kier alpha value is -2.16. The van der Waals surface area contributed by atoms with Gasteiger partial charge in [-0.25, -0.2) is 0 Å². The quantitative estimate of drug-likeness (QED) is 0.555. The van der Waals surface area contributed by atoms with Crippen LogP contribution in [0.25, 0.3) is 0 Å². The van der Waals surface area contributed by atoms with E-state index in [1.807, 2.05) is 42.5 Å². The first-order valence-corrected chi connectivity index (χ1v) is 4.69. The number of para-hydroxylation sites is 1. The van der Waals surface area contributed by atoms with E-state index in [-0.39, 0.29) is 0 Å². The van der Waals surface area contributed by atoms with Crippen molar-refractivity contribution in [2.75, 3.05) is 5.43 Å². The normalized spacial score (nSPS) is 17.1. The molecule has 0 atom stereocenters. The maximum atomic E-state index is 7.60. The summed E-state index contributed by atoms with van der Waals surface area (Å²) in [6.07, 6.45) is 7.21. The predicted molar refractivity (Wildman–Crippen MR) is 63.5 cm³/mol. The van der Waals surface area contributed by atoms with Crippen LogP contribution in [0.5, 0.6) is 0 Å². The first-order valence-electron chi connectivity index (χ1n) is 4.69. The zero-order valence-corrected chi connectivity index (χ0v) is 8.14. The molecule has 1 aliphatic carbocycles. The molecule has 0 radical (unpaired) electrons. The number of allylic oxidation sites excluding steroid dienone is 4. The Morgan fingerprint density at radius 2 is 1.73 bits per heavy atom. The lowest BCUT2D eigenvalue weighted by atomic mass is 10.1. The molecule has 3 heteroatoms. The van der Waals surface area contributed by atoms with Crippen molar-refractivity contribution >= 4 is 17.1 Å². The Labute approximate surface area is 88.3 Å². The lowest BCUT2D eigenvalue weighted by Crippen LogP contribution is -2.11. The van der Waals surface area contributed by atoms with E-state index in [9.17, 15) is 0 Å². The summed E-state index contributed by atoms with van der Waals surface area (Å²) in [5.41, 5.74) is 4.88. The van der Waals surface area contributed by atoms with Gasteiger partial charge in [0.25, 0.3) is 0 Å². The second kappa shape index (κ2) is 4.37. The van der Waals surface area contributed by atoms with E-state index >= 15 is 0 Å². The topological polar surface area (TPSA) is 48.2 Å². The van der Waals surface area contributed by atoms with Crippen LogP contribution in [0.3, 0.4) is 0 Å². The van der Waals surface area contributed by atoms with E-state index in [2.05, 4.69) is 10.5 Å². The maximum Gasteiger partial charge on any atom is 0.108 e. The van der Waals surface area contributed by atoms with Crippen LogP contribution in [0.1, 0.15) is 0 Å². The number of hydrogen-bond donors (Lipinski definition) is 2. The molecule has 3 nitrogen and oxygen atoms in total. The van der Waals surface area contributed by atoms with Gasteiger partial charge in [0.1, 0.15) is 5.71 Å². The summed E-state index contributed by atoms with van der Waals surface area (Å²) in [7, 11) is 0. The molecule has 74 valence electrons. The van der Waals surface area contributed by atoms with E-state index in [4.69, 9.17) is 5.41 Å². The molecule has 0 saturated carbocycles. The van der Waals surface area contributed by atoms with Gasteiger partial charge < -0.3 is 0 Å². The molecule has 15 heavy (non-hydrogen) atoms. The number of nitrogens with zero attached hydrogens (tertiary/aromatic N) is 1. The SMILES string of the molecule is N=C1C=CC=C/C1=N/Nc1ccccc1. The summed E-state index contributed by atoms with van der Waals surface area (Å²) >= 11 is 0. The van der Waals surface area contributed by atoms with Crippen molar-refractivity contribution in [2.45, 2.75) is 0 Å². The molecular weight excluding hydrogens is 186 g/mol. The lowest BCUT2D eigenvalue weighted by Gasteiger charge is -2.04. The Morgan fingerprint density at radius 1 is 1.00 bits per heavy atom. The zero-order chi connectivity index (χ0) is 10.5. The number of rotatable bonds is 2. The molecule has 2 N–H and O–H groups in total. The second-order valence-electron chi connectivity index (χ2n) is 3.11. The van der Waals surface area contributed by atoms with Crippen molar-refractivity contribution in [3.63, 3.8) is 0 Å². The summed E-state index contributed by atoms with van der Waals surface area (Å²) in [6, 6.07) is 9.67. The fourth-order valence-electron chi connectivity index (χ4n) is 1.21. The highest BCUT2D eigenvalue weighted by Crippen LogP contribution is 2.05. The van der Waals surface area contributed by atoms with E-state index < -0.39 is 0 Å². The number of hydrazone groups is 1. The van der Waals surface area contributed by atoms with Crippen molar-refractivity contribution in [3.05, 3.63) is 54.6 Å². The molecule has 0 spiro atoms. The molecule has 0 heterocycles. The highest BCUT2D eigenvalue weighted by atomic mass is 15.3. The molecule has 0 fully saturated rings. The van der Waals surface area contributed by atoms with E-state index in [1.165, 1.54) is 0 Å². The Kier molecular flexibility index (Phi) is 2.74. The maximum absolute atomic E-state index is 7.60. The number of benzene rings is 1. The van der Waals surface area contributed by atoms with Gasteiger partial charge in [0.2, 0.25) is 0 Å². The molecule has 1 aromatic rings. The highest BCUT2D eigenvalue weighted by Gasteiger charge is 2.02. The molecule has 1 aromatic carbocycles. The molecule has 0 saturated heterocycles. The van der Waals surface area contributed by atoms with E-state index in [0.717, 1.165) is 5.69 Å². The number of hydrogen-bond acceptors (Lipinski definition) is 3. The largest absolute Gasteiger partial charge is 0.299 e. The van der Waals surface area contributed by atoms with Crippen LogP contribution in [0.2, 0.25) is 0 Å². The summed E-state index contributed by atoms with van der Waals surface area (Å²) in [5.74, 6) is 0. The van der Waals surface area contributed by atoms with E-state index in [1.54, 1.807) is 12.2 Å². The second-order valence-corrected chi connectivity index (χ2v) is 3.11. The minimum absolute atomic E-state index is 0.418. The molecule has 1 aliphatic rings. The number of nitrogens with one attached hydrogen (secondary N) is 2. The molecule has 0 aliphatic heterocycles. The third-order valence-corrected chi connectivity index (χ3v) is 1.98. The molecule has 0 aromatic heterocycles. The minimum atomic E-state index is 0.418. The van der Waals surface area contributed by atoms with Crippen LogP contribution in [0.15, 0.2) is 59.7 Å². The van der Waals surface area contributed by atoms with Crippen molar-refractivity contribution in [1.82, 2.24) is 0 Å². The molecular formula is C12H11N3. The van der Waals surface area contributed by atoms with Crippen molar-refractivity contribution in [2.24, 2.45) is 5.10 Å². The fourth-order valence-corrected chi connectivity index (χ4v) is 1.21. The Balaban J connectivity index is 2.09. The van der Waals surface area contributed by atoms with Gasteiger partial charge in [-0.1, -0.05) is 30.4 Å². The Bertz CT molecular complexity index is 441. The minimum Gasteiger partial charge on any atom is -0.299 e. The standard InChI is InChI=1S/C12H11N3/c13-11-8-4-5-9-12(11)15-14-10-6-2-1-3-7-10/h1-9,13-14H/b13-11?,15-12-. The van der Waals surface area contributed by atoms with E-state index in [0.29, 0.717) is 11.4 Å². The van der Waals surface area contributed by atoms with Crippen LogP contribution in [0.4, 0.5) is 5.69 Å². The molecule has 0 unspecified atom stereocenters. The van der Waals surface area contributed by atoms with Gasteiger partial charge in [-0.05, 0) is 24.3 Å². The van der Waals surface area contributed by atoms with Crippen molar-refractivity contribution in [3.8, 4) is 0 Å². The summed E-state index contributed by atoms with van der Waals surface area (Å²) in [5, 5.41) is 11.7. The fraction of sp³-hybridized carbons (Fsp3) is 0. The zero-order valence-electron chi connectivity index (χ0n) is 8.14. The molecule has 0 bridgehead atoms. The average molecular weight is 197 g/mol. The van der Waals surface area contributed by atoms with Crippen LogP contribution in [-0.2, 0) is 0 Å². The van der Waals surface area contributed by atoms with Gasteiger partial charge in [-0.2, -0.15) is 5.10 Å². The highest BCUT2D eigenvalue weighted by molar-refractivity contribution is 6.50. The van der Waals surface area contributed by atoms with Gasteiger partial charge in [-0.15, -0.1) is 0 Å². The number of anilines is 1. The van der Waals surface area contributed by atoms with Crippen LogP contribution < -0.4 is 5.43 Å². The van der Waals surface area contributed by atoms with Crippen LogP contribution >= 0.6 is 0 Å². The van der Waals surface area contributed by atoms with Gasteiger partial charge in [-0.3, -0.25) is 10.8 Å². The first-order chi connectivity index (χ1) is 7.36. The lowest BCUT2D eigenvalue weighted by molar-refractivity contribution is 1.34. The summed E-state index contributed by atoms with van der Waals surface area (Å²) in [6.45, 7) is 0. The van der Waals surface area contributed by atoms with Crippen molar-refractivity contribution < 1.29 is 0 Å². The predicted octanol–water partition coefficient (Wildman–Crippen LogP) is 2.60. The van der Waals surface area contributed by atoms with Crippen LogP contribution in [-0.4, -0.2) is 11.4 Å². The third-order valence-electron chi connectivity index (χ3n) is 1.98. The summed E-state index contributed by atoms with van der Waals surface area (Å²) < 4.78 is 0. The Morgan fingerprint density at radius 3 is 2.47 bits per heavy atom. The first kappa shape index (κ1) is 9.40. The monoisotopic (exact) mass is 197 g/mol. The third kappa shape index (κ3) is 2.40. The van der Waals surface area contributed by atoms with Gasteiger partial charge in [0.05, 0.1) is 11.4 Å². The van der Waals surface area contributed by atoms with Crippen molar-refractivity contribution in [1.29, 1.82) is 5.41 Å². The van der Waals surface area contributed by atoms with Gasteiger partial charge in [0.15, 0.2) is 0 Å². The van der Waals surface area contributed by atoms with Gasteiger partial charge in [0, 0.05) is 0 Å². The molecule has 0 amide bonds. The van der Waals surface area contributed by atoms with Gasteiger partial charge >= 0.3 is 0 Å². The summed E-state index contributed by atoms with van der Waals surface area (Å²) in [4.78, 5) is 0. The average Bonchev–Trinajstić information content (AvgIpc) is 2.29. The molecule has 2 rings (SSSR count). The smallest absolute Gasteiger partial charge is 0.108 e.